The van der Waals surface area contributed by atoms with Crippen molar-refractivity contribution in [2.45, 2.75) is 46.6 Å². The standard InChI is InChI=1S/C20H31NO5/c1-6-25-18(22)12-13-21-17(20(3,4)19(23)26-7-2)14-15-10-8-9-11-16(15)24-5/h8-11,17,21H,6-7,12-14H2,1-5H3. The lowest BCUT2D eigenvalue weighted by atomic mass is 9.80. The lowest BCUT2D eigenvalue weighted by molar-refractivity contribution is -0.155. The fourth-order valence-electron chi connectivity index (χ4n) is 2.71. The largest absolute Gasteiger partial charge is 0.496 e. The minimum Gasteiger partial charge on any atom is -0.496 e. The summed E-state index contributed by atoms with van der Waals surface area (Å²) in [4.78, 5) is 24.1. The van der Waals surface area contributed by atoms with E-state index in [0.29, 0.717) is 26.2 Å². The highest BCUT2D eigenvalue weighted by atomic mass is 16.5. The highest BCUT2D eigenvalue weighted by Gasteiger charge is 2.38. The third kappa shape index (κ3) is 6.33. The molecule has 0 saturated heterocycles. The number of para-hydroxylation sites is 1. The maximum Gasteiger partial charge on any atom is 0.313 e. The number of nitrogens with one attached hydrogen (secondary N) is 1. The first-order valence-corrected chi connectivity index (χ1v) is 9.04. The second-order valence-corrected chi connectivity index (χ2v) is 6.52. The van der Waals surface area contributed by atoms with Crippen molar-refractivity contribution in [1.29, 1.82) is 0 Å². The minimum absolute atomic E-state index is 0.229. The van der Waals surface area contributed by atoms with Gasteiger partial charge in [-0.3, -0.25) is 9.59 Å². The van der Waals surface area contributed by atoms with Crippen molar-refractivity contribution in [2.24, 2.45) is 5.41 Å². The third-order valence-electron chi connectivity index (χ3n) is 4.31. The quantitative estimate of drug-likeness (QED) is 0.608. The minimum atomic E-state index is -0.772. The van der Waals surface area contributed by atoms with Gasteiger partial charge in [0.2, 0.25) is 0 Å². The van der Waals surface area contributed by atoms with Gasteiger partial charge in [0, 0.05) is 12.6 Å². The molecule has 0 aliphatic rings. The average molecular weight is 365 g/mol. The van der Waals surface area contributed by atoms with Crippen LogP contribution in [0.25, 0.3) is 0 Å². The molecular formula is C20H31NO5. The van der Waals surface area contributed by atoms with E-state index in [1.54, 1.807) is 21.0 Å². The Balaban J connectivity index is 2.93. The van der Waals surface area contributed by atoms with E-state index in [0.717, 1.165) is 11.3 Å². The summed E-state index contributed by atoms with van der Waals surface area (Å²) >= 11 is 0. The molecule has 0 spiro atoms. The second kappa shape index (κ2) is 10.8. The predicted molar refractivity (Wildman–Crippen MR) is 100 cm³/mol. The molecule has 0 bridgehead atoms. The highest BCUT2D eigenvalue weighted by molar-refractivity contribution is 5.77. The van der Waals surface area contributed by atoms with Crippen molar-refractivity contribution in [3.05, 3.63) is 29.8 Å². The molecule has 6 heteroatoms. The smallest absolute Gasteiger partial charge is 0.313 e. The molecule has 1 aromatic carbocycles. The van der Waals surface area contributed by atoms with Crippen LogP contribution < -0.4 is 10.1 Å². The fourth-order valence-corrected chi connectivity index (χ4v) is 2.71. The van der Waals surface area contributed by atoms with Crippen LogP contribution in [0.15, 0.2) is 24.3 Å². The molecule has 0 aliphatic heterocycles. The molecule has 1 atom stereocenters. The van der Waals surface area contributed by atoms with Crippen molar-refractivity contribution >= 4 is 11.9 Å². The third-order valence-corrected chi connectivity index (χ3v) is 4.31. The van der Waals surface area contributed by atoms with Crippen molar-refractivity contribution in [3.63, 3.8) is 0 Å². The Morgan fingerprint density at radius 1 is 1.12 bits per heavy atom. The zero-order valence-corrected chi connectivity index (χ0v) is 16.5. The lowest BCUT2D eigenvalue weighted by Gasteiger charge is -2.33. The summed E-state index contributed by atoms with van der Waals surface area (Å²) in [6.45, 7) is 8.37. The molecular weight excluding hydrogens is 334 g/mol. The molecule has 26 heavy (non-hydrogen) atoms. The van der Waals surface area contributed by atoms with Crippen LogP contribution in [0.3, 0.4) is 0 Å². The van der Waals surface area contributed by atoms with Gasteiger partial charge < -0.3 is 19.5 Å². The van der Waals surface area contributed by atoms with Gasteiger partial charge >= 0.3 is 11.9 Å². The first-order valence-electron chi connectivity index (χ1n) is 9.04. The summed E-state index contributed by atoms with van der Waals surface area (Å²) in [5.74, 6) is 0.234. The van der Waals surface area contributed by atoms with E-state index in [1.807, 2.05) is 38.1 Å². The average Bonchev–Trinajstić information content (AvgIpc) is 2.61. The number of hydrogen-bond donors (Lipinski definition) is 1. The Labute approximate surface area is 156 Å². The van der Waals surface area contributed by atoms with Crippen molar-refractivity contribution in [1.82, 2.24) is 5.32 Å². The number of esters is 2. The zero-order valence-electron chi connectivity index (χ0n) is 16.5. The second-order valence-electron chi connectivity index (χ2n) is 6.52. The Morgan fingerprint density at radius 2 is 1.77 bits per heavy atom. The van der Waals surface area contributed by atoms with E-state index in [-0.39, 0.29) is 24.4 Å². The molecule has 1 rings (SSSR count). The highest BCUT2D eigenvalue weighted by Crippen LogP contribution is 2.28. The van der Waals surface area contributed by atoms with E-state index in [1.165, 1.54) is 0 Å². The van der Waals surface area contributed by atoms with E-state index in [4.69, 9.17) is 14.2 Å². The van der Waals surface area contributed by atoms with Crippen molar-refractivity contribution in [3.8, 4) is 5.75 Å². The molecule has 0 radical (unpaired) electrons. The van der Waals surface area contributed by atoms with Crippen molar-refractivity contribution in [2.75, 3.05) is 26.9 Å². The number of ether oxygens (including phenoxy) is 3. The van der Waals surface area contributed by atoms with Gasteiger partial charge in [0.1, 0.15) is 5.75 Å². The summed E-state index contributed by atoms with van der Waals surface area (Å²) in [7, 11) is 1.62. The molecule has 146 valence electrons. The van der Waals surface area contributed by atoms with Crippen LogP contribution in [0.2, 0.25) is 0 Å². The van der Waals surface area contributed by atoms with E-state index < -0.39 is 5.41 Å². The maximum atomic E-state index is 12.5. The molecule has 0 saturated carbocycles. The maximum absolute atomic E-state index is 12.5. The van der Waals surface area contributed by atoms with Gasteiger partial charge in [-0.25, -0.2) is 0 Å². The van der Waals surface area contributed by atoms with Gasteiger partial charge in [0.25, 0.3) is 0 Å². The SMILES string of the molecule is CCOC(=O)CCNC(Cc1ccccc1OC)C(C)(C)C(=O)OCC. The first-order chi connectivity index (χ1) is 12.4. The van der Waals surface area contributed by atoms with E-state index >= 15 is 0 Å². The molecule has 0 aliphatic carbocycles. The van der Waals surface area contributed by atoms with Crippen LogP contribution >= 0.6 is 0 Å². The number of hydrogen-bond acceptors (Lipinski definition) is 6. The number of carbonyl (C=O) groups excluding carboxylic acids is 2. The first kappa shape index (κ1) is 22.0. The number of benzene rings is 1. The van der Waals surface area contributed by atoms with Crippen LogP contribution in [0.5, 0.6) is 5.75 Å². The topological polar surface area (TPSA) is 73.9 Å². The summed E-state index contributed by atoms with van der Waals surface area (Å²) in [6.07, 6.45) is 0.813. The van der Waals surface area contributed by atoms with Gasteiger partial charge in [0.15, 0.2) is 0 Å². The van der Waals surface area contributed by atoms with E-state index in [2.05, 4.69) is 5.32 Å². The summed E-state index contributed by atoms with van der Waals surface area (Å²) in [6, 6.07) is 7.47. The van der Waals surface area contributed by atoms with Crippen LogP contribution in [0, 0.1) is 5.41 Å². The number of rotatable bonds is 11. The molecule has 1 aromatic rings. The van der Waals surface area contributed by atoms with Gasteiger partial charge in [0.05, 0.1) is 32.2 Å². The Kier molecular flexibility index (Phi) is 9.13. The molecule has 0 amide bonds. The van der Waals surface area contributed by atoms with Gasteiger partial charge in [-0.15, -0.1) is 0 Å². The Bertz CT molecular complexity index is 585. The molecule has 1 N–H and O–H groups in total. The molecule has 0 heterocycles. The van der Waals surface area contributed by atoms with Crippen molar-refractivity contribution < 1.29 is 23.8 Å². The Morgan fingerprint density at radius 3 is 2.38 bits per heavy atom. The van der Waals surface area contributed by atoms with Crippen LogP contribution in [-0.2, 0) is 25.5 Å². The zero-order chi connectivity index (χ0) is 19.6. The van der Waals surface area contributed by atoms with Crippen LogP contribution in [0.4, 0.5) is 0 Å². The van der Waals surface area contributed by atoms with Crippen LogP contribution in [0.1, 0.15) is 39.7 Å². The van der Waals surface area contributed by atoms with Gasteiger partial charge in [-0.2, -0.15) is 0 Å². The Hall–Kier alpha value is -2.08. The summed E-state index contributed by atoms with van der Waals surface area (Å²) in [5, 5.41) is 3.33. The number of methoxy groups -OCH3 is 1. The lowest BCUT2D eigenvalue weighted by Crippen LogP contribution is -2.49. The molecule has 0 fully saturated rings. The molecule has 0 aromatic heterocycles. The fraction of sp³-hybridized carbons (Fsp3) is 0.600. The molecule has 1 unspecified atom stereocenters. The van der Waals surface area contributed by atoms with Gasteiger partial charge in [-0.05, 0) is 45.7 Å². The predicted octanol–water partition coefficient (Wildman–Crippen LogP) is 2.74. The normalized spacial score (nSPS) is 12.3. The summed E-state index contributed by atoms with van der Waals surface area (Å²) < 4.78 is 15.6. The monoisotopic (exact) mass is 365 g/mol. The van der Waals surface area contributed by atoms with Gasteiger partial charge in [-0.1, -0.05) is 18.2 Å². The summed E-state index contributed by atoms with van der Waals surface area (Å²) in [5.41, 5.74) is 0.215. The number of carbonyl (C=O) groups is 2. The van der Waals surface area contributed by atoms with Crippen LogP contribution in [-0.4, -0.2) is 44.8 Å². The molecule has 6 nitrogen and oxygen atoms in total. The van der Waals surface area contributed by atoms with E-state index in [9.17, 15) is 9.59 Å².